The lowest BCUT2D eigenvalue weighted by Crippen LogP contribution is -2.62. The summed E-state index contributed by atoms with van der Waals surface area (Å²) in [5.74, 6) is 0.0486. The molecule has 24 heavy (non-hydrogen) atoms. The van der Waals surface area contributed by atoms with E-state index >= 15 is 0 Å². The molecule has 3 aliphatic rings. The Labute approximate surface area is 142 Å². The second-order valence-corrected chi connectivity index (χ2v) is 7.62. The minimum absolute atomic E-state index is 0.114. The Hall–Kier alpha value is -1.46. The molecule has 0 bridgehead atoms. The number of hydrogen-bond donors (Lipinski definition) is 0. The zero-order valence-electron chi connectivity index (χ0n) is 14.3. The molecule has 2 aliphatic heterocycles. The Morgan fingerprint density at radius 2 is 1.88 bits per heavy atom. The van der Waals surface area contributed by atoms with E-state index < -0.39 is 5.60 Å². The van der Waals surface area contributed by atoms with Crippen molar-refractivity contribution < 1.29 is 13.9 Å². The second kappa shape index (κ2) is 5.81. The molecule has 1 saturated carbocycles. The van der Waals surface area contributed by atoms with Gasteiger partial charge in [-0.25, -0.2) is 4.39 Å². The summed E-state index contributed by atoms with van der Waals surface area (Å²) in [7, 11) is 1.90. The van der Waals surface area contributed by atoms with Gasteiger partial charge in [-0.1, -0.05) is 18.2 Å². The number of morpholine rings is 1. The lowest BCUT2D eigenvalue weighted by atomic mass is 9.88. The highest BCUT2D eigenvalue weighted by Crippen LogP contribution is 2.49. The monoisotopic (exact) mass is 332 g/mol. The van der Waals surface area contributed by atoms with Crippen molar-refractivity contribution in [1.82, 2.24) is 9.80 Å². The third kappa shape index (κ3) is 2.84. The van der Waals surface area contributed by atoms with Gasteiger partial charge in [0.15, 0.2) is 0 Å². The van der Waals surface area contributed by atoms with Gasteiger partial charge < -0.3 is 14.5 Å². The van der Waals surface area contributed by atoms with Crippen molar-refractivity contribution in [3.8, 4) is 0 Å². The van der Waals surface area contributed by atoms with Crippen LogP contribution in [0.1, 0.15) is 31.2 Å². The highest BCUT2D eigenvalue weighted by molar-refractivity contribution is 5.88. The summed E-state index contributed by atoms with van der Waals surface area (Å²) in [5.41, 5.74) is 0.115. The van der Waals surface area contributed by atoms with Gasteiger partial charge in [-0.05, 0) is 43.7 Å². The first-order valence-electron chi connectivity index (χ1n) is 8.94. The van der Waals surface area contributed by atoms with Crippen LogP contribution in [0.15, 0.2) is 24.3 Å². The number of benzene rings is 1. The summed E-state index contributed by atoms with van der Waals surface area (Å²) in [4.78, 5) is 16.5. The number of halogens is 1. The first kappa shape index (κ1) is 16.0. The van der Waals surface area contributed by atoms with Gasteiger partial charge in [-0.15, -0.1) is 0 Å². The topological polar surface area (TPSA) is 32.8 Å². The fourth-order valence-electron chi connectivity index (χ4n) is 4.20. The van der Waals surface area contributed by atoms with Gasteiger partial charge in [0.05, 0.1) is 5.60 Å². The van der Waals surface area contributed by atoms with Crippen LogP contribution in [0.3, 0.4) is 0 Å². The molecule has 0 radical (unpaired) electrons. The number of likely N-dealkylation sites (N-methyl/N-ethyl adjacent to an activating group) is 1. The van der Waals surface area contributed by atoms with E-state index in [-0.39, 0.29) is 17.3 Å². The average molecular weight is 332 g/mol. The van der Waals surface area contributed by atoms with E-state index in [0.717, 1.165) is 57.3 Å². The minimum atomic E-state index is -0.498. The van der Waals surface area contributed by atoms with Gasteiger partial charge >= 0.3 is 0 Å². The Balaban J connectivity index is 1.34. The first-order valence-corrected chi connectivity index (χ1v) is 8.94. The summed E-state index contributed by atoms with van der Waals surface area (Å²) in [5, 5.41) is 0. The maximum absolute atomic E-state index is 13.7. The maximum Gasteiger partial charge on any atom is 0.254 e. The van der Waals surface area contributed by atoms with Crippen molar-refractivity contribution in [1.29, 1.82) is 0 Å². The summed E-state index contributed by atoms with van der Waals surface area (Å²) in [6.07, 6.45) is 4.37. The molecule has 5 heteroatoms. The quantitative estimate of drug-likeness (QED) is 0.851. The van der Waals surface area contributed by atoms with Crippen LogP contribution in [0.5, 0.6) is 0 Å². The summed E-state index contributed by atoms with van der Waals surface area (Å²) in [6.45, 7) is 3.48. The number of rotatable bonds is 3. The SMILES string of the molecule is CN1CC2(CCN(CCc3ccccc3F)CC2)OC2(CC2)C1=O. The molecule has 2 saturated heterocycles. The molecule has 0 N–H and O–H groups in total. The van der Waals surface area contributed by atoms with E-state index in [0.29, 0.717) is 6.54 Å². The lowest BCUT2D eigenvalue weighted by Gasteiger charge is -2.49. The number of likely N-dealkylation sites (tertiary alicyclic amines) is 1. The van der Waals surface area contributed by atoms with Crippen LogP contribution in [0.4, 0.5) is 4.39 Å². The molecular weight excluding hydrogens is 307 g/mol. The van der Waals surface area contributed by atoms with Crippen molar-refractivity contribution in [3.63, 3.8) is 0 Å². The molecular formula is C19H25FN2O2. The van der Waals surface area contributed by atoms with Gasteiger partial charge in [-0.2, -0.15) is 0 Å². The highest BCUT2D eigenvalue weighted by Gasteiger charge is 2.61. The third-order valence-corrected chi connectivity index (χ3v) is 5.80. The van der Waals surface area contributed by atoms with Gasteiger partial charge in [0.25, 0.3) is 5.91 Å². The van der Waals surface area contributed by atoms with Gasteiger partial charge in [0.1, 0.15) is 11.4 Å². The molecule has 1 aliphatic carbocycles. The zero-order valence-corrected chi connectivity index (χ0v) is 14.3. The van der Waals surface area contributed by atoms with Crippen molar-refractivity contribution in [2.45, 2.75) is 43.3 Å². The molecule has 3 fully saturated rings. The van der Waals surface area contributed by atoms with Gasteiger partial charge in [0, 0.05) is 33.2 Å². The predicted molar refractivity (Wildman–Crippen MR) is 89.2 cm³/mol. The number of carbonyl (C=O) groups excluding carboxylic acids is 1. The van der Waals surface area contributed by atoms with Crippen molar-refractivity contribution >= 4 is 5.91 Å². The van der Waals surface area contributed by atoms with Crippen molar-refractivity contribution in [2.24, 2.45) is 0 Å². The summed E-state index contributed by atoms with van der Waals surface area (Å²) < 4.78 is 20.1. The molecule has 0 atom stereocenters. The fraction of sp³-hybridized carbons (Fsp3) is 0.632. The van der Waals surface area contributed by atoms with Crippen LogP contribution in [-0.4, -0.2) is 60.1 Å². The molecule has 0 unspecified atom stereocenters. The molecule has 130 valence electrons. The average Bonchev–Trinajstić information content (AvgIpc) is 3.34. The van der Waals surface area contributed by atoms with E-state index in [9.17, 15) is 9.18 Å². The Morgan fingerprint density at radius 1 is 1.17 bits per heavy atom. The van der Waals surface area contributed by atoms with Gasteiger partial charge in [0.2, 0.25) is 0 Å². The van der Waals surface area contributed by atoms with Crippen LogP contribution in [0.25, 0.3) is 0 Å². The van der Waals surface area contributed by atoms with Crippen LogP contribution < -0.4 is 0 Å². The van der Waals surface area contributed by atoms with Crippen LogP contribution in [-0.2, 0) is 16.0 Å². The normalized spacial score (nSPS) is 25.4. The van der Waals surface area contributed by atoms with Crippen LogP contribution >= 0.6 is 0 Å². The number of nitrogens with zero attached hydrogens (tertiary/aromatic N) is 2. The number of carbonyl (C=O) groups is 1. The second-order valence-electron chi connectivity index (χ2n) is 7.62. The largest absolute Gasteiger partial charge is 0.357 e. The standard InChI is InChI=1S/C19H25FN2O2/c1-21-14-18(24-19(7-8-19)17(21)23)9-12-22(13-10-18)11-6-15-4-2-3-5-16(15)20/h2-5H,6-14H2,1H3. The molecule has 4 nitrogen and oxygen atoms in total. The maximum atomic E-state index is 13.7. The zero-order chi connectivity index (χ0) is 16.8. The highest BCUT2D eigenvalue weighted by atomic mass is 19.1. The van der Waals surface area contributed by atoms with Crippen molar-refractivity contribution in [2.75, 3.05) is 33.2 Å². The number of piperidine rings is 1. The molecule has 2 spiro atoms. The van der Waals surface area contributed by atoms with E-state index in [1.807, 2.05) is 24.1 Å². The Morgan fingerprint density at radius 3 is 2.54 bits per heavy atom. The van der Waals surface area contributed by atoms with E-state index in [4.69, 9.17) is 4.74 Å². The van der Waals surface area contributed by atoms with Gasteiger partial charge in [-0.3, -0.25) is 4.79 Å². The molecule has 0 aromatic heterocycles. The van der Waals surface area contributed by atoms with Crippen LogP contribution in [0.2, 0.25) is 0 Å². The molecule has 2 heterocycles. The molecule has 4 rings (SSSR count). The molecule has 1 aromatic carbocycles. The molecule has 1 amide bonds. The van der Waals surface area contributed by atoms with Crippen LogP contribution in [0, 0.1) is 5.82 Å². The predicted octanol–water partition coefficient (Wildman–Crippen LogP) is 2.22. The number of ether oxygens (including phenoxy) is 1. The Bertz CT molecular complexity index is 636. The molecule has 1 aromatic rings. The summed E-state index contributed by atoms with van der Waals surface area (Å²) >= 11 is 0. The first-order chi connectivity index (χ1) is 11.5. The Kier molecular flexibility index (Phi) is 3.88. The number of hydrogen-bond acceptors (Lipinski definition) is 3. The van der Waals surface area contributed by atoms with E-state index in [1.54, 1.807) is 6.07 Å². The van der Waals surface area contributed by atoms with E-state index in [1.165, 1.54) is 6.07 Å². The summed E-state index contributed by atoms with van der Waals surface area (Å²) in [6, 6.07) is 7.01. The minimum Gasteiger partial charge on any atom is -0.357 e. The van der Waals surface area contributed by atoms with Crippen molar-refractivity contribution in [3.05, 3.63) is 35.6 Å². The fourth-order valence-corrected chi connectivity index (χ4v) is 4.20. The smallest absolute Gasteiger partial charge is 0.254 e. The third-order valence-electron chi connectivity index (χ3n) is 5.80. The lowest BCUT2D eigenvalue weighted by molar-refractivity contribution is -0.197. The van der Waals surface area contributed by atoms with E-state index in [2.05, 4.69) is 4.90 Å². The number of amides is 1.